The first-order valence-electron chi connectivity index (χ1n) is 2.24. The van der Waals surface area contributed by atoms with Crippen LogP contribution in [0.5, 0.6) is 0 Å². The van der Waals surface area contributed by atoms with Crippen LogP contribution in [-0.4, -0.2) is 79.8 Å². The summed E-state index contributed by atoms with van der Waals surface area (Å²) < 4.78 is 0. The van der Waals surface area contributed by atoms with Crippen molar-refractivity contribution in [1.82, 2.24) is 0 Å². The first kappa shape index (κ1) is 22.8. The Morgan fingerprint density at radius 2 is 1.67 bits per heavy atom. The molecule has 0 aliphatic carbocycles. The minimum atomic E-state index is -1.29. The molecule has 0 heterocycles. The van der Waals surface area contributed by atoms with Gasteiger partial charge in [0, 0.05) is 0 Å². The predicted molar refractivity (Wildman–Crippen MR) is 47.4 cm³/mol. The van der Waals surface area contributed by atoms with Crippen LogP contribution in [-0.2, 0) is 9.59 Å². The van der Waals surface area contributed by atoms with E-state index in [0.717, 1.165) is 0 Å². The van der Waals surface area contributed by atoms with Gasteiger partial charge in [0.25, 0.3) is 0 Å². The fourth-order valence-corrected chi connectivity index (χ4v) is 0.275. The van der Waals surface area contributed by atoms with E-state index in [0.29, 0.717) is 0 Å². The van der Waals surface area contributed by atoms with Crippen LogP contribution in [0.2, 0.25) is 0 Å². The maximum absolute atomic E-state index is 9.85. The van der Waals surface area contributed by atoms with Crippen molar-refractivity contribution in [2.45, 2.75) is 12.5 Å². The number of aliphatic carboxylic acids is 2. The molecule has 0 amide bonds. The Morgan fingerprint density at radius 3 is 1.75 bits per heavy atom. The van der Waals surface area contributed by atoms with Gasteiger partial charge in [0.1, 0.15) is 6.04 Å². The molecule has 0 spiro atoms. The maximum atomic E-state index is 9.85. The zero-order valence-corrected chi connectivity index (χ0v) is 9.32. The molecule has 6 N–H and O–H groups in total. The molecule has 0 bridgehead atoms. The van der Waals surface area contributed by atoms with Crippen LogP contribution in [0.25, 0.3) is 0 Å². The van der Waals surface area contributed by atoms with E-state index >= 15 is 0 Å². The van der Waals surface area contributed by atoms with Crippen LogP contribution in [0.1, 0.15) is 12.1 Å². The van der Waals surface area contributed by atoms with Gasteiger partial charge in [-0.05, 0) is 0 Å². The average molecular weight is 204 g/mol. The predicted octanol–water partition coefficient (Wildman–Crippen LogP) is -2.26. The topological polar surface area (TPSA) is 132 Å². The monoisotopic (exact) mass is 203 g/mol. The van der Waals surface area contributed by atoms with Crippen LogP contribution in [0.3, 0.4) is 0 Å². The van der Waals surface area contributed by atoms with Gasteiger partial charge in [0.05, 0.1) is 6.42 Å². The molecule has 0 aromatic rings. The molecule has 0 saturated carbocycles. The van der Waals surface area contributed by atoms with E-state index in [1.165, 1.54) is 0 Å². The Kier molecular flexibility index (Phi) is 21.7. The number of rotatable bonds is 3. The van der Waals surface area contributed by atoms with Gasteiger partial charge in [-0.1, -0.05) is 0 Å². The zero-order chi connectivity index (χ0) is 7.44. The van der Waals surface area contributed by atoms with E-state index in [1.54, 1.807) is 0 Å². The van der Waals surface area contributed by atoms with Crippen molar-refractivity contribution in [2.75, 3.05) is 0 Å². The van der Waals surface area contributed by atoms with Gasteiger partial charge in [0.15, 0.2) is 0 Å². The van der Waals surface area contributed by atoms with E-state index < -0.39 is 24.4 Å². The van der Waals surface area contributed by atoms with Gasteiger partial charge in [-0.2, -0.15) is 0 Å². The average Bonchev–Trinajstić information content (AvgIpc) is 1.63. The SMILES string of the molecule is N[C@@H](CC(=O)O)C(=O)O.O.[H-].[H-].[H-].[H-].[Mg+2].[Mg+2]. The van der Waals surface area contributed by atoms with Gasteiger partial charge in [-0.3, -0.25) is 9.59 Å². The third kappa shape index (κ3) is 13.0. The number of carboxylic acid groups (broad SMARTS) is 2. The summed E-state index contributed by atoms with van der Waals surface area (Å²) in [5, 5.41) is 16.0. The number of hydrogen-bond acceptors (Lipinski definition) is 3. The number of carbonyl (C=O) groups is 2. The molecule has 0 aromatic heterocycles. The minimum Gasteiger partial charge on any atom is -1.00 e. The van der Waals surface area contributed by atoms with Crippen molar-refractivity contribution in [3.05, 3.63) is 0 Å². The molecule has 8 heteroatoms. The van der Waals surface area contributed by atoms with Gasteiger partial charge >= 0.3 is 58.0 Å². The molecule has 0 unspecified atom stereocenters. The van der Waals surface area contributed by atoms with E-state index in [4.69, 9.17) is 15.9 Å². The molecule has 0 fully saturated rings. The number of nitrogens with two attached hydrogens (primary N) is 1. The molecule has 0 rings (SSSR count). The van der Waals surface area contributed by atoms with Crippen LogP contribution >= 0.6 is 0 Å². The minimum absolute atomic E-state index is 0. The van der Waals surface area contributed by atoms with Crippen molar-refractivity contribution in [3.8, 4) is 0 Å². The summed E-state index contributed by atoms with van der Waals surface area (Å²) in [6, 6.07) is -1.29. The second kappa shape index (κ2) is 11.4. The maximum Gasteiger partial charge on any atom is 2.00 e. The van der Waals surface area contributed by atoms with Gasteiger partial charge in [-0.15, -0.1) is 0 Å². The largest absolute Gasteiger partial charge is 2.00 e. The Balaban J connectivity index is -0.0000000152. The van der Waals surface area contributed by atoms with Gasteiger partial charge in [0.2, 0.25) is 0 Å². The van der Waals surface area contributed by atoms with Crippen LogP contribution in [0, 0.1) is 0 Å². The summed E-state index contributed by atoms with van der Waals surface area (Å²) in [5.74, 6) is -2.50. The van der Waals surface area contributed by atoms with E-state index in [-0.39, 0.29) is 57.3 Å². The Labute approximate surface area is 107 Å². The molecule has 0 aliphatic rings. The quantitative estimate of drug-likeness (QED) is 0.446. The van der Waals surface area contributed by atoms with E-state index in [1.807, 2.05) is 0 Å². The van der Waals surface area contributed by atoms with Crippen molar-refractivity contribution in [3.63, 3.8) is 0 Å². The third-order valence-corrected chi connectivity index (χ3v) is 0.712. The Hall–Kier alpha value is 0.392. The molecule has 68 valence electrons. The number of carboxylic acids is 2. The smallest absolute Gasteiger partial charge is 1.00 e. The first-order chi connectivity index (χ1) is 4.04. The molecule has 0 saturated heterocycles. The van der Waals surface area contributed by atoms with Crippen LogP contribution in [0.4, 0.5) is 0 Å². The van der Waals surface area contributed by atoms with Gasteiger partial charge in [-0.25, -0.2) is 0 Å². The van der Waals surface area contributed by atoms with Gasteiger partial charge < -0.3 is 27.1 Å². The fraction of sp³-hybridized carbons (Fsp3) is 0.500. The molecule has 0 aromatic carbocycles. The summed E-state index contributed by atoms with van der Waals surface area (Å²) in [6.07, 6.45) is -0.532. The van der Waals surface area contributed by atoms with E-state index in [2.05, 4.69) is 0 Å². The van der Waals surface area contributed by atoms with Crippen LogP contribution in [0.15, 0.2) is 0 Å². The second-order valence-electron chi connectivity index (χ2n) is 1.54. The normalized spacial score (nSPS) is 9.42. The summed E-state index contributed by atoms with van der Waals surface area (Å²) in [4.78, 5) is 19.6. The Morgan fingerprint density at radius 1 is 1.33 bits per heavy atom. The molecule has 6 nitrogen and oxygen atoms in total. The molecule has 12 heavy (non-hydrogen) atoms. The standard InChI is InChI=1S/C4H7NO4.2Mg.H2O.4H/c5-2(4(8)9)1-3(6)7;;;;;;;/h2H,1,5H2,(H,6,7)(H,8,9);;;1H2;;;;/q;2*+2;;4*-1/t2-;;;;;;;/m0......./s1. The van der Waals surface area contributed by atoms with Crippen LogP contribution < -0.4 is 5.73 Å². The summed E-state index contributed by atoms with van der Waals surface area (Å²) >= 11 is 0. The molecular weight excluding hydrogens is 191 g/mol. The van der Waals surface area contributed by atoms with Crippen molar-refractivity contribution in [2.24, 2.45) is 5.73 Å². The molecule has 0 aliphatic heterocycles. The second-order valence-corrected chi connectivity index (χ2v) is 1.54. The Bertz CT molecular complexity index is 154. The molecular formula is C4H13Mg2NO5. The fourth-order valence-electron chi connectivity index (χ4n) is 0.275. The third-order valence-electron chi connectivity index (χ3n) is 0.712. The molecule has 0 radical (unpaired) electrons. The van der Waals surface area contributed by atoms with Crippen molar-refractivity contribution in [1.29, 1.82) is 0 Å². The first-order valence-corrected chi connectivity index (χ1v) is 2.24. The number of hydrogen-bond donors (Lipinski definition) is 3. The van der Waals surface area contributed by atoms with Crippen molar-refractivity contribution < 1.29 is 31.0 Å². The molecule has 1 atom stereocenters. The summed E-state index contributed by atoms with van der Waals surface area (Å²) in [5.41, 5.74) is 4.84. The van der Waals surface area contributed by atoms with E-state index in [9.17, 15) is 9.59 Å². The summed E-state index contributed by atoms with van der Waals surface area (Å²) in [7, 11) is 0. The van der Waals surface area contributed by atoms with Crippen molar-refractivity contribution >= 4 is 58.0 Å². The zero-order valence-electron chi connectivity index (χ0n) is 10.5. The summed E-state index contributed by atoms with van der Waals surface area (Å²) in [6.45, 7) is 0.